The number of carbonyl (C=O) groups excluding carboxylic acids is 1. The van der Waals surface area contributed by atoms with Crippen molar-refractivity contribution in [3.63, 3.8) is 0 Å². The first-order valence-corrected chi connectivity index (χ1v) is 18.3. The molecule has 4 aromatic rings. The number of benzene rings is 2. The molecule has 2 unspecified atom stereocenters. The van der Waals surface area contributed by atoms with E-state index in [1.807, 2.05) is 56.1 Å². The van der Waals surface area contributed by atoms with Crippen LogP contribution in [0.4, 0.5) is 10.8 Å². The minimum atomic E-state index is -4.15. The number of aromatic nitrogens is 2. The first-order chi connectivity index (χ1) is 22.6. The van der Waals surface area contributed by atoms with E-state index in [4.69, 9.17) is 9.15 Å². The third kappa shape index (κ3) is 9.29. The quantitative estimate of drug-likeness (QED) is 0.175. The van der Waals surface area contributed by atoms with E-state index in [2.05, 4.69) is 20.2 Å². The van der Waals surface area contributed by atoms with Crippen molar-refractivity contribution in [1.82, 2.24) is 24.5 Å². The predicted molar refractivity (Wildman–Crippen MR) is 182 cm³/mol. The van der Waals surface area contributed by atoms with Crippen LogP contribution in [-0.4, -0.2) is 97.3 Å². The molecule has 254 valence electrons. The van der Waals surface area contributed by atoms with Gasteiger partial charge in [-0.25, -0.2) is 13.2 Å². The number of likely N-dealkylation sites (tertiary alicyclic amines) is 1. The fraction of sp³-hybridized carbons (Fsp3) is 0.485. The molecule has 0 saturated carbocycles. The molecule has 14 heteroatoms. The Hall–Kier alpha value is -3.56. The fourth-order valence-corrected chi connectivity index (χ4v) is 7.97. The van der Waals surface area contributed by atoms with Gasteiger partial charge in [0.2, 0.25) is 10.0 Å². The number of carbonyl (C=O) groups is 1. The molecule has 1 aliphatic heterocycles. The van der Waals surface area contributed by atoms with Crippen LogP contribution in [0.2, 0.25) is 0 Å². The normalized spacial score (nSPS) is 15.4. The van der Waals surface area contributed by atoms with Crippen molar-refractivity contribution in [2.24, 2.45) is 5.92 Å². The van der Waals surface area contributed by atoms with Crippen LogP contribution in [0.3, 0.4) is 0 Å². The van der Waals surface area contributed by atoms with E-state index >= 15 is 0 Å². The molecule has 12 nitrogen and oxygen atoms in total. The number of alkyl carbamates (subject to hydrolysis) is 1. The summed E-state index contributed by atoms with van der Waals surface area (Å²) in [5, 5.41) is 14.1. The number of ether oxygens (including phenoxy) is 1. The summed E-state index contributed by atoms with van der Waals surface area (Å²) in [5.74, 6) is -0.0579. The standard InChI is InChI=1S/C33H44N6O6S2/c1-24(2)21-39(29(17-25-9-5-4-6-10-25)30(40)20-35-33(41)44-22-26-19-34-23-46-26)47(42,43)27-11-12-28-31(18-27)45-32(36-28)37(3)15-16-38-13-7-8-14-38/h4-6,9-12,18-19,23-24,29-30,40H,7-8,13-17,20-22H2,1-3H3,(H,35,41). The Labute approximate surface area is 280 Å². The van der Waals surface area contributed by atoms with Crippen LogP contribution in [0.5, 0.6) is 0 Å². The predicted octanol–water partition coefficient (Wildman–Crippen LogP) is 4.36. The second kappa shape index (κ2) is 16.0. The van der Waals surface area contributed by atoms with Gasteiger partial charge in [0.05, 0.1) is 27.4 Å². The zero-order valence-electron chi connectivity index (χ0n) is 27.1. The van der Waals surface area contributed by atoms with E-state index in [9.17, 15) is 18.3 Å². The van der Waals surface area contributed by atoms with E-state index in [1.165, 1.54) is 40.6 Å². The first kappa shape index (κ1) is 34.8. The molecule has 0 spiro atoms. The van der Waals surface area contributed by atoms with Gasteiger partial charge in [-0.3, -0.25) is 4.98 Å². The lowest BCUT2D eigenvalue weighted by molar-refractivity contribution is 0.0786. The molecular formula is C33H44N6O6S2. The summed E-state index contributed by atoms with van der Waals surface area (Å²) in [7, 11) is -2.23. The summed E-state index contributed by atoms with van der Waals surface area (Å²) in [6.07, 6.45) is 2.32. The summed E-state index contributed by atoms with van der Waals surface area (Å²) in [5.41, 5.74) is 3.42. The van der Waals surface area contributed by atoms with Gasteiger partial charge in [0.25, 0.3) is 6.01 Å². The van der Waals surface area contributed by atoms with Crippen LogP contribution >= 0.6 is 11.3 Å². The lowest BCUT2D eigenvalue weighted by Gasteiger charge is -2.35. The van der Waals surface area contributed by atoms with E-state index in [0.29, 0.717) is 17.1 Å². The number of nitrogens with one attached hydrogen (secondary N) is 1. The molecule has 0 radical (unpaired) electrons. The van der Waals surface area contributed by atoms with Crippen molar-refractivity contribution >= 4 is 44.6 Å². The fourth-order valence-electron chi connectivity index (χ4n) is 5.63. The summed E-state index contributed by atoms with van der Waals surface area (Å²) in [6.45, 7) is 7.68. The minimum absolute atomic E-state index is 0.0373. The van der Waals surface area contributed by atoms with E-state index < -0.39 is 28.3 Å². The molecular weight excluding hydrogens is 641 g/mol. The molecule has 47 heavy (non-hydrogen) atoms. The van der Waals surface area contributed by atoms with E-state index in [1.54, 1.807) is 17.8 Å². The number of rotatable bonds is 16. The van der Waals surface area contributed by atoms with Crippen molar-refractivity contribution in [3.05, 3.63) is 70.7 Å². The molecule has 1 amide bonds. The number of likely N-dealkylation sites (N-methyl/N-ethyl adjacent to an activating group) is 1. The average molecular weight is 685 g/mol. The Morgan fingerprint density at radius 1 is 1.17 bits per heavy atom. The number of hydrogen-bond donors (Lipinski definition) is 2. The summed E-state index contributed by atoms with van der Waals surface area (Å²) in [4.78, 5) is 26.2. The first-order valence-electron chi connectivity index (χ1n) is 16.0. The Morgan fingerprint density at radius 2 is 1.94 bits per heavy atom. The zero-order chi connectivity index (χ0) is 33.4. The zero-order valence-corrected chi connectivity index (χ0v) is 28.8. The molecule has 0 bridgehead atoms. The Balaban J connectivity index is 1.37. The highest BCUT2D eigenvalue weighted by Gasteiger charge is 2.37. The third-order valence-corrected chi connectivity index (χ3v) is 10.8. The van der Waals surface area contributed by atoms with Crippen LogP contribution in [0.15, 0.2) is 69.6 Å². The Bertz CT molecular complexity index is 1680. The molecule has 2 aromatic carbocycles. The van der Waals surface area contributed by atoms with Gasteiger partial charge in [-0.1, -0.05) is 44.2 Å². The Morgan fingerprint density at radius 3 is 2.64 bits per heavy atom. The number of anilines is 1. The molecule has 2 aromatic heterocycles. The van der Waals surface area contributed by atoms with Crippen LogP contribution in [0.1, 0.15) is 37.1 Å². The number of sulfonamides is 1. The number of aliphatic hydroxyl groups is 1. The molecule has 5 rings (SSSR count). The van der Waals surface area contributed by atoms with Crippen molar-refractivity contribution in [3.8, 4) is 0 Å². The number of amides is 1. The van der Waals surface area contributed by atoms with Gasteiger partial charge in [0, 0.05) is 45.5 Å². The maximum Gasteiger partial charge on any atom is 0.407 e. The molecule has 1 fully saturated rings. The van der Waals surface area contributed by atoms with Gasteiger partial charge in [0.15, 0.2) is 5.58 Å². The highest BCUT2D eigenvalue weighted by molar-refractivity contribution is 7.89. The van der Waals surface area contributed by atoms with E-state index in [-0.39, 0.29) is 36.9 Å². The largest absolute Gasteiger partial charge is 0.444 e. The molecule has 0 aliphatic carbocycles. The Kier molecular flexibility index (Phi) is 11.9. The van der Waals surface area contributed by atoms with Crippen LogP contribution < -0.4 is 10.2 Å². The molecule has 2 N–H and O–H groups in total. The summed E-state index contributed by atoms with van der Waals surface area (Å²) < 4.78 is 41.5. The second-order valence-corrected chi connectivity index (χ2v) is 15.2. The van der Waals surface area contributed by atoms with Crippen molar-refractivity contribution in [2.45, 2.75) is 56.8 Å². The topological polar surface area (TPSA) is 141 Å². The third-order valence-electron chi connectivity index (χ3n) is 8.16. The molecule has 2 atom stereocenters. The van der Waals surface area contributed by atoms with Crippen LogP contribution in [0, 0.1) is 5.92 Å². The van der Waals surface area contributed by atoms with Gasteiger partial charge >= 0.3 is 6.09 Å². The maximum atomic E-state index is 14.4. The maximum absolute atomic E-state index is 14.4. The number of nitrogens with zero attached hydrogens (tertiary/aromatic N) is 5. The monoisotopic (exact) mass is 684 g/mol. The number of oxazole rings is 1. The van der Waals surface area contributed by atoms with Crippen molar-refractivity contribution in [1.29, 1.82) is 0 Å². The molecule has 1 saturated heterocycles. The minimum Gasteiger partial charge on any atom is -0.444 e. The average Bonchev–Trinajstić information content (AvgIpc) is 3.85. The van der Waals surface area contributed by atoms with Gasteiger partial charge < -0.3 is 29.4 Å². The molecule has 3 heterocycles. The van der Waals surface area contributed by atoms with Crippen molar-refractivity contribution < 1.29 is 27.5 Å². The lowest BCUT2D eigenvalue weighted by Crippen LogP contribution is -2.52. The number of hydrogen-bond acceptors (Lipinski definition) is 11. The highest BCUT2D eigenvalue weighted by atomic mass is 32.2. The van der Waals surface area contributed by atoms with Crippen LogP contribution in [0.25, 0.3) is 11.1 Å². The molecule has 1 aliphatic rings. The van der Waals surface area contributed by atoms with Gasteiger partial charge in [-0.05, 0) is 56.0 Å². The smallest absolute Gasteiger partial charge is 0.407 e. The SMILES string of the molecule is CC(C)CN(C(Cc1ccccc1)C(O)CNC(=O)OCc1cncs1)S(=O)(=O)c1ccc2nc(N(C)CCN3CCCC3)oc2c1. The van der Waals surface area contributed by atoms with Crippen molar-refractivity contribution in [2.75, 3.05) is 51.2 Å². The van der Waals surface area contributed by atoms with Crippen LogP contribution in [-0.2, 0) is 27.8 Å². The van der Waals surface area contributed by atoms with Gasteiger partial charge in [-0.2, -0.15) is 9.29 Å². The van der Waals surface area contributed by atoms with E-state index in [0.717, 1.165) is 36.6 Å². The summed E-state index contributed by atoms with van der Waals surface area (Å²) >= 11 is 1.36. The van der Waals surface area contributed by atoms with Gasteiger partial charge in [-0.15, -0.1) is 11.3 Å². The lowest BCUT2D eigenvalue weighted by atomic mass is 10.0. The van der Waals surface area contributed by atoms with Gasteiger partial charge in [0.1, 0.15) is 12.1 Å². The second-order valence-electron chi connectivity index (χ2n) is 12.3. The number of thiazole rings is 1. The number of fused-ring (bicyclic) bond motifs is 1. The summed E-state index contributed by atoms with van der Waals surface area (Å²) in [6, 6.07) is 13.6. The number of aliphatic hydroxyl groups excluding tert-OH is 1. The highest BCUT2D eigenvalue weighted by Crippen LogP contribution is 2.29.